The number of amides is 2. The van der Waals surface area contributed by atoms with E-state index < -0.39 is 0 Å². The van der Waals surface area contributed by atoms with E-state index in [-0.39, 0.29) is 18.1 Å². The van der Waals surface area contributed by atoms with E-state index in [0.29, 0.717) is 26.1 Å². The smallest absolute Gasteiger partial charge is 0.409 e. The highest BCUT2D eigenvalue weighted by Gasteiger charge is 2.23. The van der Waals surface area contributed by atoms with Crippen molar-refractivity contribution >= 4 is 23.3 Å². The van der Waals surface area contributed by atoms with Crippen molar-refractivity contribution in [2.75, 3.05) is 26.7 Å². The molecule has 0 bridgehead atoms. The fourth-order valence-electron chi connectivity index (χ4n) is 3.07. The summed E-state index contributed by atoms with van der Waals surface area (Å²) in [6.45, 7) is 3.17. The molecule has 1 N–H and O–H groups in total. The summed E-state index contributed by atoms with van der Waals surface area (Å²) in [6.07, 6.45) is 3.14. The fraction of sp³-hybridized carbons (Fsp3) is 0.421. The first-order valence-electron chi connectivity index (χ1n) is 8.66. The third-order valence-corrected chi connectivity index (χ3v) is 4.54. The van der Waals surface area contributed by atoms with Crippen molar-refractivity contribution in [1.29, 1.82) is 0 Å². The number of carbonyl (C=O) groups is 2. The van der Waals surface area contributed by atoms with E-state index in [0.717, 1.165) is 23.3 Å². The Morgan fingerprint density at radius 1 is 1.31 bits per heavy atom. The molecule has 1 atom stereocenters. The van der Waals surface area contributed by atoms with E-state index in [2.05, 4.69) is 28.7 Å². The number of oxime groups is 1. The summed E-state index contributed by atoms with van der Waals surface area (Å²) in [5.74, 6) is -0.0714. The quantitative estimate of drug-likeness (QED) is 0.896. The minimum atomic E-state index is -0.288. The molecule has 0 saturated heterocycles. The van der Waals surface area contributed by atoms with Crippen molar-refractivity contribution in [3.63, 3.8) is 0 Å². The van der Waals surface area contributed by atoms with Crippen molar-refractivity contribution in [2.45, 2.75) is 25.9 Å². The van der Waals surface area contributed by atoms with Gasteiger partial charge in [-0.25, -0.2) is 4.79 Å². The Labute approximate surface area is 152 Å². The van der Waals surface area contributed by atoms with Gasteiger partial charge in [-0.05, 0) is 23.1 Å². The van der Waals surface area contributed by atoms with E-state index in [1.807, 2.05) is 12.1 Å². The Kier molecular flexibility index (Phi) is 5.55. The van der Waals surface area contributed by atoms with Gasteiger partial charge in [0.05, 0.1) is 19.4 Å². The zero-order valence-corrected chi connectivity index (χ0v) is 15.0. The van der Waals surface area contributed by atoms with Gasteiger partial charge >= 0.3 is 6.09 Å². The molecule has 3 rings (SSSR count). The van der Waals surface area contributed by atoms with Crippen LogP contribution in [0.25, 0.3) is 5.57 Å². The third-order valence-electron chi connectivity index (χ3n) is 4.54. The number of nitrogens with one attached hydrogen (secondary N) is 1. The first-order valence-corrected chi connectivity index (χ1v) is 8.66. The standard InChI is InChI=1S/C19H23N3O4/c1-13(23)20-12-17-11-18(21-26-17)16-5-3-14(4-6-16)15-7-9-22(10-8-15)19(24)25-2/h3-7,17H,8-12H2,1-2H3,(H,20,23). The second kappa shape index (κ2) is 8.03. The maximum atomic E-state index is 11.5. The molecule has 0 spiro atoms. The summed E-state index contributed by atoms with van der Waals surface area (Å²) in [7, 11) is 1.40. The third kappa shape index (κ3) is 4.22. The largest absolute Gasteiger partial charge is 0.453 e. The van der Waals surface area contributed by atoms with Gasteiger partial charge in [0.25, 0.3) is 0 Å². The zero-order valence-electron chi connectivity index (χ0n) is 15.0. The topological polar surface area (TPSA) is 80.2 Å². The van der Waals surface area contributed by atoms with Crippen LogP contribution in [0.15, 0.2) is 35.5 Å². The number of benzene rings is 1. The number of hydrogen-bond acceptors (Lipinski definition) is 5. The molecule has 0 radical (unpaired) electrons. The van der Waals surface area contributed by atoms with Crippen LogP contribution in [-0.2, 0) is 14.4 Å². The summed E-state index contributed by atoms with van der Waals surface area (Å²) in [5.41, 5.74) is 4.28. The number of ether oxygens (including phenoxy) is 1. The minimum Gasteiger partial charge on any atom is -0.453 e. The van der Waals surface area contributed by atoms with Crippen LogP contribution in [0.1, 0.15) is 30.9 Å². The number of rotatable bonds is 4. The molecule has 2 heterocycles. The minimum absolute atomic E-state index is 0.0714. The van der Waals surface area contributed by atoms with Gasteiger partial charge in [-0.15, -0.1) is 0 Å². The summed E-state index contributed by atoms with van der Waals surface area (Å²) in [4.78, 5) is 29.6. The van der Waals surface area contributed by atoms with Crippen LogP contribution in [0.2, 0.25) is 0 Å². The average molecular weight is 357 g/mol. The first kappa shape index (κ1) is 18.0. The van der Waals surface area contributed by atoms with Crippen LogP contribution in [0, 0.1) is 0 Å². The normalized spacial score (nSPS) is 19.3. The van der Waals surface area contributed by atoms with Gasteiger partial charge in [0, 0.05) is 26.4 Å². The molecule has 0 saturated carbocycles. The molecule has 0 aliphatic carbocycles. The molecule has 2 aliphatic rings. The maximum Gasteiger partial charge on any atom is 0.409 e. The highest BCUT2D eigenvalue weighted by atomic mass is 16.6. The summed E-state index contributed by atoms with van der Waals surface area (Å²) >= 11 is 0. The van der Waals surface area contributed by atoms with Gasteiger partial charge in [-0.3, -0.25) is 4.79 Å². The zero-order chi connectivity index (χ0) is 18.5. The van der Waals surface area contributed by atoms with Crippen molar-refractivity contribution in [3.8, 4) is 0 Å². The van der Waals surface area contributed by atoms with Gasteiger partial charge in [-0.2, -0.15) is 0 Å². The van der Waals surface area contributed by atoms with E-state index >= 15 is 0 Å². The summed E-state index contributed by atoms with van der Waals surface area (Å²) < 4.78 is 4.75. The van der Waals surface area contributed by atoms with Crippen molar-refractivity contribution in [3.05, 3.63) is 41.5 Å². The van der Waals surface area contributed by atoms with Crippen LogP contribution < -0.4 is 5.32 Å². The lowest BCUT2D eigenvalue weighted by Gasteiger charge is -2.25. The molecule has 2 aliphatic heterocycles. The van der Waals surface area contributed by atoms with E-state index in [1.54, 1.807) is 4.90 Å². The predicted octanol–water partition coefficient (Wildman–Crippen LogP) is 2.17. The molecule has 1 aromatic rings. The second-order valence-electron chi connectivity index (χ2n) is 6.38. The molecule has 7 nitrogen and oxygen atoms in total. The monoisotopic (exact) mass is 357 g/mol. The first-order chi connectivity index (χ1) is 12.6. The molecule has 7 heteroatoms. The fourth-order valence-corrected chi connectivity index (χ4v) is 3.07. The van der Waals surface area contributed by atoms with Gasteiger partial charge in [0.2, 0.25) is 5.91 Å². The Morgan fingerprint density at radius 3 is 2.65 bits per heavy atom. The van der Waals surface area contributed by atoms with Crippen LogP contribution in [0.4, 0.5) is 4.79 Å². The van der Waals surface area contributed by atoms with E-state index in [4.69, 9.17) is 9.57 Å². The number of nitrogens with zero attached hydrogens (tertiary/aromatic N) is 2. The molecule has 26 heavy (non-hydrogen) atoms. The molecule has 0 aromatic heterocycles. The van der Waals surface area contributed by atoms with Crippen LogP contribution >= 0.6 is 0 Å². The molecule has 1 unspecified atom stereocenters. The SMILES string of the molecule is COC(=O)N1CC=C(c2ccc(C3=NOC(CNC(C)=O)C3)cc2)CC1. The van der Waals surface area contributed by atoms with E-state index in [1.165, 1.54) is 19.6 Å². The van der Waals surface area contributed by atoms with Crippen molar-refractivity contribution < 1.29 is 19.2 Å². The number of hydrogen-bond donors (Lipinski definition) is 1. The lowest BCUT2D eigenvalue weighted by Crippen LogP contribution is -2.34. The van der Waals surface area contributed by atoms with Gasteiger partial charge in [0.15, 0.2) is 0 Å². The van der Waals surface area contributed by atoms with Crippen LogP contribution in [0.5, 0.6) is 0 Å². The molecule has 0 fully saturated rings. The molecular formula is C19H23N3O4. The average Bonchev–Trinajstić information content (AvgIpc) is 3.15. The van der Waals surface area contributed by atoms with Crippen LogP contribution in [-0.4, -0.2) is 55.5 Å². The Bertz CT molecular complexity index is 740. The highest BCUT2D eigenvalue weighted by molar-refractivity contribution is 6.01. The lowest BCUT2D eigenvalue weighted by atomic mass is 9.96. The summed E-state index contributed by atoms with van der Waals surface area (Å²) in [5, 5.41) is 6.88. The molecular weight excluding hydrogens is 334 g/mol. The molecule has 138 valence electrons. The predicted molar refractivity (Wildman–Crippen MR) is 97.7 cm³/mol. The number of methoxy groups -OCH3 is 1. The number of carbonyl (C=O) groups excluding carboxylic acids is 2. The Hall–Kier alpha value is -2.83. The molecule has 1 aromatic carbocycles. The Morgan fingerprint density at radius 2 is 2.04 bits per heavy atom. The van der Waals surface area contributed by atoms with Gasteiger partial charge in [0.1, 0.15) is 6.10 Å². The maximum absolute atomic E-state index is 11.5. The lowest BCUT2D eigenvalue weighted by molar-refractivity contribution is -0.119. The van der Waals surface area contributed by atoms with Crippen LogP contribution in [0.3, 0.4) is 0 Å². The Balaban J connectivity index is 1.59. The second-order valence-corrected chi connectivity index (χ2v) is 6.38. The molecule has 2 amide bonds. The van der Waals surface area contributed by atoms with E-state index in [9.17, 15) is 9.59 Å². The van der Waals surface area contributed by atoms with Crippen molar-refractivity contribution in [2.24, 2.45) is 5.16 Å². The van der Waals surface area contributed by atoms with Gasteiger partial charge in [-0.1, -0.05) is 35.5 Å². The van der Waals surface area contributed by atoms with Gasteiger partial charge < -0.3 is 19.8 Å². The van der Waals surface area contributed by atoms with Crippen molar-refractivity contribution in [1.82, 2.24) is 10.2 Å². The summed E-state index contributed by atoms with van der Waals surface area (Å²) in [6, 6.07) is 8.20. The highest BCUT2D eigenvalue weighted by Crippen LogP contribution is 2.24.